The summed E-state index contributed by atoms with van der Waals surface area (Å²) in [5.41, 5.74) is 0.908. The van der Waals surface area contributed by atoms with Crippen LogP contribution >= 0.6 is 11.6 Å². The molecular weight excluding hydrogens is 328 g/mol. The molecule has 24 heavy (non-hydrogen) atoms. The van der Waals surface area contributed by atoms with E-state index in [0.717, 1.165) is 0 Å². The Kier molecular flexibility index (Phi) is 3.89. The van der Waals surface area contributed by atoms with Crippen LogP contribution in [0.2, 0.25) is 5.02 Å². The Morgan fingerprint density at radius 2 is 1.92 bits per heavy atom. The molecule has 1 N–H and O–H groups in total. The zero-order chi connectivity index (χ0) is 17.6. The molecule has 1 aliphatic rings. The van der Waals surface area contributed by atoms with Crippen LogP contribution in [-0.2, 0) is 13.1 Å². The standard InChI is InChI=1S/C18H19ClN2O3/c1-5-6-11-7-12(19)14(13(8-11)24-4)15-16(22)20-9-18(2,3)10-21(20)17(15)23/h7-8,22H,9-10H2,1-4H3. The summed E-state index contributed by atoms with van der Waals surface area (Å²) in [5, 5.41) is 11.0. The Balaban J connectivity index is 2.25. The quantitative estimate of drug-likeness (QED) is 0.850. The van der Waals surface area contributed by atoms with Crippen molar-refractivity contribution in [1.82, 2.24) is 9.36 Å². The third-order valence-electron chi connectivity index (χ3n) is 4.16. The molecule has 0 saturated heterocycles. The third-order valence-corrected chi connectivity index (χ3v) is 4.45. The lowest BCUT2D eigenvalue weighted by Gasteiger charge is -2.15. The van der Waals surface area contributed by atoms with Gasteiger partial charge in [-0.15, -0.1) is 5.92 Å². The van der Waals surface area contributed by atoms with Crippen molar-refractivity contribution in [2.45, 2.75) is 33.9 Å². The fourth-order valence-corrected chi connectivity index (χ4v) is 3.48. The van der Waals surface area contributed by atoms with Gasteiger partial charge in [-0.25, -0.2) is 4.68 Å². The van der Waals surface area contributed by atoms with Crippen LogP contribution in [0.4, 0.5) is 0 Å². The van der Waals surface area contributed by atoms with Crippen molar-refractivity contribution in [2.24, 2.45) is 5.41 Å². The van der Waals surface area contributed by atoms with Crippen molar-refractivity contribution in [3.8, 4) is 34.6 Å². The van der Waals surface area contributed by atoms with E-state index in [4.69, 9.17) is 16.3 Å². The highest BCUT2D eigenvalue weighted by Gasteiger charge is 2.35. The number of aromatic nitrogens is 2. The number of benzene rings is 1. The molecule has 3 rings (SSSR count). The van der Waals surface area contributed by atoms with Gasteiger partial charge < -0.3 is 9.84 Å². The van der Waals surface area contributed by atoms with Gasteiger partial charge in [0.2, 0.25) is 5.88 Å². The highest BCUT2D eigenvalue weighted by Crippen LogP contribution is 2.42. The number of rotatable bonds is 2. The second-order valence-electron chi connectivity index (χ2n) is 6.69. The van der Waals surface area contributed by atoms with Crippen LogP contribution in [0.25, 0.3) is 11.1 Å². The predicted octanol–water partition coefficient (Wildman–Crippen LogP) is 3.10. The van der Waals surface area contributed by atoms with Crippen LogP contribution in [0.1, 0.15) is 26.3 Å². The van der Waals surface area contributed by atoms with Gasteiger partial charge in [0, 0.05) is 24.1 Å². The van der Waals surface area contributed by atoms with Crippen LogP contribution in [0.5, 0.6) is 11.6 Å². The maximum Gasteiger partial charge on any atom is 0.278 e. The van der Waals surface area contributed by atoms with Crippen molar-refractivity contribution >= 4 is 11.6 Å². The van der Waals surface area contributed by atoms with E-state index >= 15 is 0 Å². The summed E-state index contributed by atoms with van der Waals surface area (Å²) in [6.45, 7) is 6.94. The van der Waals surface area contributed by atoms with Crippen LogP contribution in [-0.4, -0.2) is 21.6 Å². The number of ether oxygens (including phenoxy) is 1. The van der Waals surface area contributed by atoms with E-state index in [9.17, 15) is 9.90 Å². The van der Waals surface area contributed by atoms with E-state index in [1.54, 1.807) is 28.4 Å². The molecule has 1 aromatic carbocycles. The molecule has 126 valence electrons. The third kappa shape index (κ3) is 2.47. The molecule has 5 nitrogen and oxygen atoms in total. The van der Waals surface area contributed by atoms with E-state index in [-0.39, 0.29) is 22.4 Å². The van der Waals surface area contributed by atoms with Gasteiger partial charge >= 0.3 is 0 Å². The molecule has 0 amide bonds. The first-order valence-corrected chi connectivity index (χ1v) is 8.00. The summed E-state index contributed by atoms with van der Waals surface area (Å²) in [5.74, 6) is 6.05. The number of hydrogen-bond acceptors (Lipinski definition) is 3. The molecule has 1 aromatic heterocycles. The van der Waals surface area contributed by atoms with Gasteiger partial charge in [0.25, 0.3) is 5.56 Å². The topological polar surface area (TPSA) is 56.4 Å². The second kappa shape index (κ2) is 5.64. The van der Waals surface area contributed by atoms with E-state index in [2.05, 4.69) is 25.7 Å². The Labute approximate surface area is 145 Å². The first-order valence-electron chi connectivity index (χ1n) is 7.62. The lowest BCUT2D eigenvalue weighted by Crippen LogP contribution is -2.21. The summed E-state index contributed by atoms with van der Waals surface area (Å²) in [6, 6.07) is 3.39. The lowest BCUT2D eigenvalue weighted by molar-refractivity contribution is 0.333. The zero-order valence-electron chi connectivity index (χ0n) is 14.1. The SMILES string of the molecule is CC#Cc1cc(Cl)c(-c2c(O)n3n(c2=O)CC(C)(C)C3)c(OC)c1. The van der Waals surface area contributed by atoms with Gasteiger partial charge in [-0.1, -0.05) is 31.4 Å². The van der Waals surface area contributed by atoms with Gasteiger partial charge in [-0.3, -0.25) is 9.48 Å². The Morgan fingerprint density at radius 3 is 2.50 bits per heavy atom. The average molecular weight is 347 g/mol. The predicted molar refractivity (Wildman–Crippen MR) is 93.7 cm³/mol. The monoisotopic (exact) mass is 346 g/mol. The maximum absolute atomic E-state index is 12.8. The van der Waals surface area contributed by atoms with Crippen molar-refractivity contribution in [2.75, 3.05) is 7.11 Å². The van der Waals surface area contributed by atoms with Crippen molar-refractivity contribution in [1.29, 1.82) is 0 Å². The van der Waals surface area contributed by atoms with Crippen molar-refractivity contribution in [3.05, 3.63) is 33.1 Å². The normalized spacial score (nSPS) is 14.9. The molecule has 2 heterocycles. The highest BCUT2D eigenvalue weighted by atomic mass is 35.5. The Hall–Kier alpha value is -2.32. The maximum atomic E-state index is 12.8. The summed E-state index contributed by atoms with van der Waals surface area (Å²) in [6.07, 6.45) is 0. The fraction of sp³-hybridized carbons (Fsp3) is 0.389. The van der Waals surface area contributed by atoms with Gasteiger partial charge in [-0.05, 0) is 19.1 Å². The number of aromatic hydroxyl groups is 1. The molecule has 1 aliphatic heterocycles. The van der Waals surface area contributed by atoms with Gasteiger partial charge in [0.15, 0.2) is 0 Å². The van der Waals surface area contributed by atoms with E-state index in [1.165, 1.54) is 7.11 Å². The number of methoxy groups -OCH3 is 1. The van der Waals surface area contributed by atoms with E-state index < -0.39 is 0 Å². The van der Waals surface area contributed by atoms with Gasteiger partial charge in [-0.2, -0.15) is 0 Å². The number of hydrogen-bond donors (Lipinski definition) is 1. The minimum absolute atomic E-state index is 0.0797. The van der Waals surface area contributed by atoms with E-state index in [0.29, 0.717) is 35.0 Å². The molecule has 6 heteroatoms. The second-order valence-corrected chi connectivity index (χ2v) is 7.10. The van der Waals surface area contributed by atoms with Crippen LogP contribution in [0.15, 0.2) is 16.9 Å². The first kappa shape index (κ1) is 16.5. The Bertz CT molecular complexity index is 942. The van der Waals surface area contributed by atoms with E-state index in [1.807, 2.05) is 0 Å². The largest absolute Gasteiger partial charge is 0.496 e. The smallest absolute Gasteiger partial charge is 0.278 e. The average Bonchev–Trinajstić information content (AvgIpc) is 2.94. The molecule has 0 spiro atoms. The van der Waals surface area contributed by atoms with Crippen LogP contribution in [0, 0.1) is 17.3 Å². The number of fused-ring (bicyclic) bond motifs is 1. The molecule has 0 bridgehead atoms. The minimum Gasteiger partial charge on any atom is -0.496 e. The number of halogens is 1. The minimum atomic E-state index is -0.271. The molecule has 2 aromatic rings. The lowest BCUT2D eigenvalue weighted by atomic mass is 9.95. The molecule has 0 unspecified atom stereocenters. The number of nitrogens with zero attached hydrogens (tertiary/aromatic N) is 2. The van der Waals surface area contributed by atoms with Crippen molar-refractivity contribution < 1.29 is 9.84 Å². The van der Waals surface area contributed by atoms with Gasteiger partial charge in [0.1, 0.15) is 11.3 Å². The van der Waals surface area contributed by atoms with Crippen molar-refractivity contribution in [3.63, 3.8) is 0 Å². The summed E-state index contributed by atoms with van der Waals surface area (Å²) >= 11 is 6.39. The molecule has 0 atom stereocenters. The summed E-state index contributed by atoms with van der Waals surface area (Å²) in [4.78, 5) is 12.8. The van der Waals surface area contributed by atoms with Crippen LogP contribution in [0.3, 0.4) is 0 Å². The Morgan fingerprint density at radius 1 is 1.25 bits per heavy atom. The van der Waals surface area contributed by atoms with Gasteiger partial charge in [0.05, 0.1) is 17.7 Å². The summed E-state index contributed by atoms with van der Waals surface area (Å²) in [7, 11) is 1.50. The summed E-state index contributed by atoms with van der Waals surface area (Å²) < 4.78 is 8.56. The first-order chi connectivity index (χ1) is 11.3. The molecule has 0 saturated carbocycles. The fourth-order valence-electron chi connectivity index (χ4n) is 3.18. The zero-order valence-corrected chi connectivity index (χ0v) is 14.9. The molecule has 0 radical (unpaired) electrons. The van der Waals surface area contributed by atoms with Crippen LogP contribution < -0.4 is 10.3 Å². The molecular formula is C18H19ClN2O3. The molecule has 0 aliphatic carbocycles. The molecule has 0 fully saturated rings. The highest BCUT2D eigenvalue weighted by molar-refractivity contribution is 6.34.